The lowest BCUT2D eigenvalue weighted by atomic mass is 10.1. The molecule has 1 heterocycles. The second kappa shape index (κ2) is 4.18. The molecule has 0 saturated heterocycles. The molecular formula is C12H12ClNO2. The third-order valence-corrected chi connectivity index (χ3v) is 2.56. The zero-order chi connectivity index (χ0) is 11.7. The molecule has 84 valence electrons. The van der Waals surface area contributed by atoms with Gasteiger partial charge in [0.15, 0.2) is 5.76 Å². The molecule has 0 atom stereocenters. The third-order valence-electron chi connectivity index (χ3n) is 2.34. The molecule has 0 N–H and O–H groups in total. The Hall–Kier alpha value is -1.48. The molecule has 0 aliphatic carbocycles. The minimum Gasteiger partial charge on any atom is -0.496 e. The molecule has 4 heteroatoms. The van der Waals surface area contributed by atoms with Gasteiger partial charge in [-0.25, -0.2) is 0 Å². The number of halogens is 1. The van der Waals surface area contributed by atoms with E-state index in [1.54, 1.807) is 7.11 Å². The van der Waals surface area contributed by atoms with E-state index in [0.29, 0.717) is 10.8 Å². The van der Waals surface area contributed by atoms with Gasteiger partial charge < -0.3 is 9.26 Å². The zero-order valence-corrected chi connectivity index (χ0v) is 10.1. The van der Waals surface area contributed by atoms with Gasteiger partial charge in [-0.05, 0) is 31.5 Å². The topological polar surface area (TPSA) is 35.3 Å². The Morgan fingerprint density at radius 1 is 1.25 bits per heavy atom. The van der Waals surface area contributed by atoms with Gasteiger partial charge in [0.2, 0.25) is 0 Å². The lowest BCUT2D eigenvalue weighted by molar-refractivity contribution is 0.402. The number of ether oxygens (including phenoxy) is 1. The zero-order valence-electron chi connectivity index (χ0n) is 9.37. The Labute approximate surface area is 99.0 Å². The van der Waals surface area contributed by atoms with Gasteiger partial charge in [-0.2, -0.15) is 0 Å². The van der Waals surface area contributed by atoms with Crippen molar-refractivity contribution < 1.29 is 9.26 Å². The van der Waals surface area contributed by atoms with Crippen molar-refractivity contribution in [3.63, 3.8) is 0 Å². The molecule has 1 aromatic heterocycles. The SMILES string of the molecule is COc1c(C)cc(Cl)cc1-c1cc(C)no1. The molecule has 16 heavy (non-hydrogen) atoms. The summed E-state index contributed by atoms with van der Waals surface area (Å²) in [5.74, 6) is 1.43. The summed E-state index contributed by atoms with van der Waals surface area (Å²) in [6.07, 6.45) is 0. The largest absolute Gasteiger partial charge is 0.496 e. The van der Waals surface area contributed by atoms with Crippen molar-refractivity contribution in [1.29, 1.82) is 0 Å². The fraction of sp³-hybridized carbons (Fsp3) is 0.250. The highest BCUT2D eigenvalue weighted by atomic mass is 35.5. The summed E-state index contributed by atoms with van der Waals surface area (Å²) in [5, 5.41) is 4.51. The molecule has 0 saturated carbocycles. The summed E-state index contributed by atoms with van der Waals surface area (Å²) < 4.78 is 10.6. The first-order valence-electron chi connectivity index (χ1n) is 4.89. The first-order valence-corrected chi connectivity index (χ1v) is 5.27. The van der Waals surface area contributed by atoms with Crippen molar-refractivity contribution in [2.45, 2.75) is 13.8 Å². The number of hydrogen-bond acceptors (Lipinski definition) is 3. The minimum absolute atomic E-state index is 0.655. The minimum atomic E-state index is 0.655. The van der Waals surface area contributed by atoms with Gasteiger partial charge >= 0.3 is 0 Å². The Morgan fingerprint density at radius 2 is 2.00 bits per heavy atom. The van der Waals surface area contributed by atoms with Crippen LogP contribution >= 0.6 is 11.6 Å². The predicted molar refractivity (Wildman–Crippen MR) is 63.0 cm³/mol. The van der Waals surface area contributed by atoms with Crippen LogP contribution in [0.15, 0.2) is 22.7 Å². The molecule has 0 aliphatic rings. The highest BCUT2D eigenvalue weighted by Gasteiger charge is 2.14. The molecular weight excluding hydrogens is 226 g/mol. The molecule has 0 bridgehead atoms. The van der Waals surface area contributed by atoms with E-state index >= 15 is 0 Å². The maximum atomic E-state index is 6.02. The Kier molecular flexibility index (Phi) is 2.88. The van der Waals surface area contributed by atoms with Gasteiger partial charge in [0, 0.05) is 11.1 Å². The molecule has 2 rings (SSSR count). The van der Waals surface area contributed by atoms with E-state index in [-0.39, 0.29) is 0 Å². The molecule has 0 amide bonds. The second-order valence-corrected chi connectivity index (χ2v) is 4.07. The standard InChI is InChI=1S/C12H12ClNO2/c1-7-4-9(13)6-10(12(7)15-3)11-5-8(2)14-16-11/h4-6H,1-3H3. The van der Waals surface area contributed by atoms with Crippen molar-refractivity contribution in [3.05, 3.63) is 34.5 Å². The fourth-order valence-corrected chi connectivity index (χ4v) is 1.95. The second-order valence-electron chi connectivity index (χ2n) is 3.64. The smallest absolute Gasteiger partial charge is 0.170 e. The van der Waals surface area contributed by atoms with Crippen molar-refractivity contribution in [2.75, 3.05) is 7.11 Å². The van der Waals surface area contributed by atoms with E-state index in [9.17, 15) is 0 Å². The van der Waals surface area contributed by atoms with Crippen LogP contribution in [-0.4, -0.2) is 12.3 Å². The summed E-state index contributed by atoms with van der Waals surface area (Å²) >= 11 is 6.02. The van der Waals surface area contributed by atoms with Crippen LogP contribution < -0.4 is 4.74 Å². The lowest BCUT2D eigenvalue weighted by Gasteiger charge is -2.09. The number of benzene rings is 1. The van der Waals surface area contributed by atoms with Gasteiger partial charge in [-0.1, -0.05) is 16.8 Å². The predicted octanol–water partition coefficient (Wildman–Crippen LogP) is 3.62. The quantitative estimate of drug-likeness (QED) is 0.800. The average Bonchev–Trinajstić information content (AvgIpc) is 2.63. The van der Waals surface area contributed by atoms with Crippen molar-refractivity contribution >= 4 is 11.6 Å². The average molecular weight is 238 g/mol. The maximum Gasteiger partial charge on any atom is 0.170 e. The highest BCUT2D eigenvalue weighted by Crippen LogP contribution is 2.35. The van der Waals surface area contributed by atoms with Gasteiger partial charge in [-0.3, -0.25) is 0 Å². The van der Waals surface area contributed by atoms with E-state index in [1.165, 1.54) is 0 Å². The summed E-state index contributed by atoms with van der Waals surface area (Å²) in [7, 11) is 1.63. The molecule has 0 radical (unpaired) electrons. The number of rotatable bonds is 2. The highest BCUT2D eigenvalue weighted by molar-refractivity contribution is 6.31. The molecule has 1 aromatic carbocycles. The van der Waals surface area contributed by atoms with E-state index in [2.05, 4.69) is 5.16 Å². The Morgan fingerprint density at radius 3 is 2.56 bits per heavy atom. The third kappa shape index (κ3) is 1.91. The number of hydrogen-bond donors (Lipinski definition) is 0. The van der Waals surface area contributed by atoms with Crippen LogP contribution in [-0.2, 0) is 0 Å². The summed E-state index contributed by atoms with van der Waals surface area (Å²) in [6, 6.07) is 5.52. The Balaban J connectivity index is 2.63. The number of aromatic nitrogens is 1. The number of nitrogens with zero attached hydrogens (tertiary/aromatic N) is 1. The van der Waals surface area contributed by atoms with Gasteiger partial charge in [-0.15, -0.1) is 0 Å². The fourth-order valence-electron chi connectivity index (χ4n) is 1.67. The van der Waals surface area contributed by atoms with Gasteiger partial charge in [0.1, 0.15) is 5.75 Å². The number of aryl methyl sites for hydroxylation is 2. The van der Waals surface area contributed by atoms with Crippen LogP contribution in [0.4, 0.5) is 0 Å². The van der Waals surface area contributed by atoms with E-state index in [0.717, 1.165) is 22.6 Å². The molecule has 2 aromatic rings. The first-order chi connectivity index (χ1) is 7.61. The molecule has 0 unspecified atom stereocenters. The maximum absolute atomic E-state index is 6.02. The van der Waals surface area contributed by atoms with Crippen LogP contribution in [0.3, 0.4) is 0 Å². The van der Waals surface area contributed by atoms with Gasteiger partial charge in [0.05, 0.1) is 18.4 Å². The van der Waals surface area contributed by atoms with E-state index < -0.39 is 0 Å². The van der Waals surface area contributed by atoms with E-state index in [1.807, 2.05) is 32.0 Å². The van der Waals surface area contributed by atoms with E-state index in [4.69, 9.17) is 20.9 Å². The first kappa shape index (κ1) is 11.0. The summed E-state index contributed by atoms with van der Waals surface area (Å²) in [5.41, 5.74) is 2.63. The monoisotopic (exact) mass is 237 g/mol. The normalized spacial score (nSPS) is 10.5. The van der Waals surface area contributed by atoms with Crippen molar-refractivity contribution in [3.8, 4) is 17.1 Å². The van der Waals surface area contributed by atoms with Crippen LogP contribution in [0, 0.1) is 13.8 Å². The summed E-state index contributed by atoms with van der Waals surface area (Å²) in [6.45, 7) is 3.81. The summed E-state index contributed by atoms with van der Waals surface area (Å²) in [4.78, 5) is 0. The van der Waals surface area contributed by atoms with Crippen LogP contribution in [0.25, 0.3) is 11.3 Å². The lowest BCUT2D eigenvalue weighted by Crippen LogP contribution is -1.90. The molecule has 3 nitrogen and oxygen atoms in total. The van der Waals surface area contributed by atoms with Crippen molar-refractivity contribution in [1.82, 2.24) is 5.16 Å². The van der Waals surface area contributed by atoms with Crippen LogP contribution in [0.2, 0.25) is 5.02 Å². The molecule has 0 aliphatic heterocycles. The van der Waals surface area contributed by atoms with Gasteiger partial charge in [0.25, 0.3) is 0 Å². The van der Waals surface area contributed by atoms with Crippen LogP contribution in [0.1, 0.15) is 11.3 Å². The molecule has 0 fully saturated rings. The Bertz CT molecular complexity index is 520. The van der Waals surface area contributed by atoms with Crippen molar-refractivity contribution in [2.24, 2.45) is 0 Å². The number of methoxy groups -OCH3 is 1. The molecule has 0 spiro atoms. The van der Waals surface area contributed by atoms with Crippen LogP contribution in [0.5, 0.6) is 5.75 Å².